The standard InChI is InChI=1S/C29H35ClN4O5/c1-2-5-20-6-3-4-7-26(20)38-18-23(35)17-31-22-12-14-34(15-13-22)29(37)19-39-27-10-8-21(16-24(27)30)25-9-11-28(36)33-32-25/h2-4,6-8,10,16,22-23,31,35H,1,5,9,11-15,17-19H2,(H,33,36)/t23-/m0/s1. The molecule has 0 spiro atoms. The number of aliphatic hydroxyl groups excluding tert-OH is 1. The van der Waals surface area contributed by atoms with Gasteiger partial charge in [0.25, 0.3) is 5.91 Å². The summed E-state index contributed by atoms with van der Waals surface area (Å²) >= 11 is 6.37. The SMILES string of the molecule is C=CCc1ccccc1OC[C@@H](O)CNC1CCN(C(=O)COc2ccc(C3=NNC(=O)CC3)cc2Cl)CC1. The van der Waals surface area contributed by atoms with Crippen LogP contribution >= 0.6 is 11.6 Å². The van der Waals surface area contributed by atoms with E-state index in [0.717, 1.165) is 35.4 Å². The van der Waals surface area contributed by atoms with E-state index in [4.69, 9.17) is 21.1 Å². The van der Waals surface area contributed by atoms with Crippen molar-refractivity contribution < 1.29 is 24.2 Å². The minimum Gasteiger partial charge on any atom is -0.491 e. The van der Waals surface area contributed by atoms with Gasteiger partial charge in [0.2, 0.25) is 5.91 Å². The molecule has 10 heteroatoms. The Morgan fingerprint density at radius 2 is 2.00 bits per heavy atom. The van der Waals surface area contributed by atoms with Crippen LogP contribution < -0.4 is 20.2 Å². The molecular formula is C29H35ClN4O5. The van der Waals surface area contributed by atoms with Gasteiger partial charge in [0.05, 0.1) is 10.7 Å². The first-order chi connectivity index (χ1) is 18.9. The second kappa shape index (κ2) is 14.1. The molecule has 9 nitrogen and oxygen atoms in total. The normalized spacial score (nSPS) is 16.7. The fourth-order valence-corrected chi connectivity index (χ4v) is 4.80. The maximum absolute atomic E-state index is 12.7. The highest BCUT2D eigenvalue weighted by Crippen LogP contribution is 2.27. The number of hydrogen-bond acceptors (Lipinski definition) is 7. The average Bonchev–Trinajstić information content (AvgIpc) is 2.95. The molecule has 4 rings (SSSR count). The quantitative estimate of drug-likeness (QED) is 0.348. The monoisotopic (exact) mass is 554 g/mol. The van der Waals surface area contributed by atoms with Gasteiger partial charge in [-0.25, -0.2) is 5.43 Å². The van der Waals surface area contributed by atoms with Crippen LogP contribution in [0.25, 0.3) is 0 Å². The first-order valence-electron chi connectivity index (χ1n) is 13.2. The Kier molecular flexibility index (Phi) is 10.4. The number of carbonyl (C=O) groups excluding carboxylic acids is 2. The lowest BCUT2D eigenvalue weighted by molar-refractivity contribution is -0.134. The second-order valence-electron chi connectivity index (χ2n) is 9.66. The van der Waals surface area contributed by atoms with Gasteiger partial charge in [0, 0.05) is 38.5 Å². The predicted octanol–water partition coefficient (Wildman–Crippen LogP) is 3.08. The van der Waals surface area contributed by atoms with Crippen molar-refractivity contribution in [1.82, 2.24) is 15.6 Å². The number of aliphatic hydroxyl groups is 1. The first kappa shape index (κ1) is 28.6. The Morgan fingerprint density at radius 1 is 1.21 bits per heavy atom. The lowest BCUT2D eigenvalue weighted by Crippen LogP contribution is -2.48. The van der Waals surface area contributed by atoms with Crippen molar-refractivity contribution in [3.63, 3.8) is 0 Å². The molecule has 2 aliphatic rings. The molecule has 0 radical (unpaired) electrons. The van der Waals surface area contributed by atoms with Gasteiger partial charge < -0.3 is 24.8 Å². The van der Waals surface area contributed by atoms with Crippen molar-refractivity contribution in [3.8, 4) is 11.5 Å². The van der Waals surface area contributed by atoms with E-state index in [2.05, 4.69) is 22.4 Å². The van der Waals surface area contributed by atoms with Crippen molar-refractivity contribution in [1.29, 1.82) is 0 Å². The highest BCUT2D eigenvalue weighted by molar-refractivity contribution is 6.32. The predicted molar refractivity (Wildman–Crippen MR) is 150 cm³/mol. The molecule has 1 atom stereocenters. The molecule has 1 saturated heterocycles. The summed E-state index contributed by atoms with van der Waals surface area (Å²) in [7, 11) is 0. The van der Waals surface area contributed by atoms with E-state index >= 15 is 0 Å². The van der Waals surface area contributed by atoms with E-state index in [1.54, 1.807) is 17.0 Å². The summed E-state index contributed by atoms with van der Waals surface area (Å²) in [6.07, 6.45) is 4.40. The summed E-state index contributed by atoms with van der Waals surface area (Å²) in [6, 6.07) is 13.2. The molecule has 2 aliphatic heterocycles. The van der Waals surface area contributed by atoms with Gasteiger partial charge in [-0.05, 0) is 54.7 Å². The number of piperidine rings is 1. The molecule has 0 aromatic heterocycles. The second-order valence-corrected chi connectivity index (χ2v) is 10.1. The van der Waals surface area contributed by atoms with Crippen LogP contribution in [-0.2, 0) is 16.0 Å². The molecule has 2 heterocycles. The molecule has 2 aromatic rings. The molecular weight excluding hydrogens is 520 g/mol. The van der Waals surface area contributed by atoms with Crippen LogP contribution in [0.2, 0.25) is 5.02 Å². The highest BCUT2D eigenvalue weighted by atomic mass is 35.5. The van der Waals surface area contributed by atoms with Gasteiger partial charge in [-0.1, -0.05) is 35.9 Å². The third-order valence-corrected chi connectivity index (χ3v) is 7.07. The third-order valence-electron chi connectivity index (χ3n) is 6.78. The number of likely N-dealkylation sites (tertiary alicyclic amines) is 1. The van der Waals surface area contributed by atoms with Crippen LogP contribution in [0.1, 0.15) is 36.8 Å². The van der Waals surface area contributed by atoms with Gasteiger partial charge in [0.15, 0.2) is 6.61 Å². The minimum absolute atomic E-state index is 0.0976. The number of amides is 2. The maximum atomic E-state index is 12.7. The third kappa shape index (κ3) is 8.29. The van der Waals surface area contributed by atoms with Gasteiger partial charge in [-0.3, -0.25) is 9.59 Å². The molecule has 3 N–H and O–H groups in total. The van der Waals surface area contributed by atoms with E-state index in [9.17, 15) is 14.7 Å². The van der Waals surface area contributed by atoms with Crippen molar-refractivity contribution >= 4 is 29.1 Å². The number of carbonyl (C=O) groups is 2. The lowest BCUT2D eigenvalue weighted by atomic mass is 10.0. The van der Waals surface area contributed by atoms with Crippen molar-refractivity contribution in [3.05, 3.63) is 71.3 Å². The minimum atomic E-state index is -0.644. The van der Waals surface area contributed by atoms with Crippen LogP contribution in [0.3, 0.4) is 0 Å². The van der Waals surface area contributed by atoms with Crippen LogP contribution in [0.5, 0.6) is 11.5 Å². The zero-order valence-electron chi connectivity index (χ0n) is 21.9. The molecule has 2 amide bonds. The summed E-state index contributed by atoms with van der Waals surface area (Å²) in [5, 5.41) is 18.2. The number of hydrogen-bond donors (Lipinski definition) is 3. The first-order valence-corrected chi connectivity index (χ1v) is 13.6. The van der Waals surface area contributed by atoms with Crippen LogP contribution in [-0.4, -0.2) is 72.5 Å². The van der Waals surface area contributed by atoms with Crippen molar-refractivity contribution in [2.45, 2.75) is 44.2 Å². The number of hydrazone groups is 1. The van der Waals surface area contributed by atoms with Crippen molar-refractivity contribution in [2.75, 3.05) is 32.8 Å². The Labute approximate surface area is 233 Å². The Hall–Kier alpha value is -3.40. The topological polar surface area (TPSA) is 112 Å². The number of ether oxygens (including phenoxy) is 2. The van der Waals surface area contributed by atoms with Gasteiger partial charge >= 0.3 is 0 Å². The van der Waals surface area contributed by atoms with Gasteiger partial charge in [0.1, 0.15) is 24.2 Å². The number of benzene rings is 2. The molecule has 1 fully saturated rings. The van der Waals surface area contributed by atoms with Crippen molar-refractivity contribution in [2.24, 2.45) is 5.10 Å². The highest BCUT2D eigenvalue weighted by Gasteiger charge is 2.24. The zero-order valence-corrected chi connectivity index (χ0v) is 22.7. The van der Waals surface area contributed by atoms with Gasteiger partial charge in [-0.2, -0.15) is 5.10 Å². The number of rotatable bonds is 12. The number of para-hydroxylation sites is 1. The molecule has 0 saturated carbocycles. The molecule has 0 aliphatic carbocycles. The van der Waals surface area contributed by atoms with Gasteiger partial charge in [-0.15, -0.1) is 6.58 Å². The summed E-state index contributed by atoms with van der Waals surface area (Å²) in [4.78, 5) is 25.8. The Morgan fingerprint density at radius 3 is 2.72 bits per heavy atom. The molecule has 0 unspecified atom stereocenters. The van der Waals surface area contributed by atoms with E-state index in [1.807, 2.05) is 36.4 Å². The molecule has 0 bridgehead atoms. The van der Waals surface area contributed by atoms with E-state index in [1.165, 1.54) is 0 Å². The van der Waals surface area contributed by atoms with Crippen LogP contribution in [0, 0.1) is 0 Å². The summed E-state index contributed by atoms with van der Waals surface area (Å²) < 4.78 is 11.5. The van der Waals surface area contributed by atoms with E-state index in [-0.39, 0.29) is 31.1 Å². The average molecular weight is 555 g/mol. The fourth-order valence-electron chi connectivity index (χ4n) is 4.56. The number of nitrogens with zero attached hydrogens (tertiary/aromatic N) is 2. The van der Waals surface area contributed by atoms with E-state index in [0.29, 0.717) is 49.7 Å². The largest absolute Gasteiger partial charge is 0.491 e. The Bertz CT molecular complexity index is 1200. The zero-order chi connectivity index (χ0) is 27.6. The maximum Gasteiger partial charge on any atom is 0.260 e. The van der Waals surface area contributed by atoms with E-state index < -0.39 is 6.10 Å². The number of nitrogens with one attached hydrogen (secondary N) is 2. The smallest absolute Gasteiger partial charge is 0.260 e. The number of allylic oxidation sites excluding steroid dienone is 1. The molecule has 208 valence electrons. The summed E-state index contributed by atoms with van der Waals surface area (Å²) in [6.45, 7) is 5.51. The lowest BCUT2D eigenvalue weighted by Gasteiger charge is -2.33. The Balaban J connectivity index is 1.15. The number of halogens is 1. The van der Waals surface area contributed by atoms with Crippen LogP contribution in [0.4, 0.5) is 0 Å². The molecule has 39 heavy (non-hydrogen) atoms. The summed E-state index contributed by atoms with van der Waals surface area (Å²) in [5.74, 6) is 0.984. The van der Waals surface area contributed by atoms with Crippen LogP contribution in [0.15, 0.2) is 60.2 Å². The molecule has 2 aromatic carbocycles. The fraction of sp³-hybridized carbons (Fsp3) is 0.414. The summed E-state index contributed by atoms with van der Waals surface area (Å²) in [5.41, 5.74) is 5.08.